The second-order valence-electron chi connectivity index (χ2n) is 7.65. The Labute approximate surface area is 181 Å². The van der Waals surface area contributed by atoms with Crippen molar-refractivity contribution in [1.29, 1.82) is 0 Å². The van der Waals surface area contributed by atoms with E-state index in [-0.39, 0.29) is 5.75 Å². The summed E-state index contributed by atoms with van der Waals surface area (Å²) < 4.78 is 41.4. The molecule has 0 spiro atoms. The predicted molar refractivity (Wildman–Crippen MR) is 116 cm³/mol. The van der Waals surface area contributed by atoms with Crippen molar-refractivity contribution in [3.8, 4) is 5.75 Å². The average Bonchev–Trinajstić information content (AvgIpc) is 2.77. The number of guanidine groups is 1. The van der Waals surface area contributed by atoms with Gasteiger partial charge in [-0.3, -0.25) is 9.89 Å². The third kappa shape index (κ3) is 8.13. The monoisotopic (exact) mass is 434 g/mol. The SMILES string of the molecule is CN=C(NCc1ccc(OCC(F)(F)F)cc1)NC1CCN(Cc2ccccc2)CC1. The second kappa shape index (κ2) is 11.0. The van der Waals surface area contributed by atoms with Crippen molar-refractivity contribution in [3.05, 3.63) is 65.7 Å². The molecule has 31 heavy (non-hydrogen) atoms. The summed E-state index contributed by atoms with van der Waals surface area (Å²) in [6.07, 6.45) is -2.26. The number of alkyl halides is 3. The predicted octanol–water partition coefficient (Wildman–Crippen LogP) is 3.96. The van der Waals surface area contributed by atoms with E-state index in [0.717, 1.165) is 44.0 Å². The zero-order valence-electron chi connectivity index (χ0n) is 17.7. The Hall–Kier alpha value is -2.74. The number of rotatable bonds is 7. The zero-order chi connectivity index (χ0) is 22.1. The summed E-state index contributed by atoms with van der Waals surface area (Å²) in [6.45, 7) is 2.27. The molecule has 2 aromatic rings. The van der Waals surface area contributed by atoms with Gasteiger partial charge in [-0.2, -0.15) is 13.2 Å². The largest absolute Gasteiger partial charge is 0.484 e. The van der Waals surface area contributed by atoms with Crippen LogP contribution in [-0.4, -0.2) is 49.8 Å². The lowest BCUT2D eigenvalue weighted by atomic mass is 10.0. The van der Waals surface area contributed by atoms with Gasteiger partial charge in [0.2, 0.25) is 0 Å². The number of hydrogen-bond acceptors (Lipinski definition) is 3. The van der Waals surface area contributed by atoms with Crippen LogP contribution in [0.5, 0.6) is 5.75 Å². The summed E-state index contributed by atoms with van der Waals surface area (Å²) in [6, 6.07) is 17.4. The summed E-state index contributed by atoms with van der Waals surface area (Å²) in [5.74, 6) is 0.921. The Balaban J connectivity index is 1.39. The molecular weight excluding hydrogens is 405 g/mol. The van der Waals surface area contributed by atoms with Gasteiger partial charge in [0.15, 0.2) is 12.6 Å². The topological polar surface area (TPSA) is 48.9 Å². The van der Waals surface area contributed by atoms with Gasteiger partial charge in [0.05, 0.1) is 0 Å². The number of nitrogens with one attached hydrogen (secondary N) is 2. The smallest absolute Gasteiger partial charge is 0.422 e. The number of benzene rings is 2. The minimum absolute atomic E-state index is 0.200. The van der Waals surface area contributed by atoms with Crippen molar-refractivity contribution >= 4 is 5.96 Å². The highest BCUT2D eigenvalue weighted by Gasteiger charge is 2.28. The highest BCUT2D eigenvalue weighted by atomic mass is 19.4. The highest BCUT2D eigenvalue weighted by Crippen LogP contribution is 2.19. The first kappa shape index (κ1) is 22.9. The summed E-state index contributed by atoms with van der Waals surface area (Å²) in [7, 11) is 1.73. The van der Waals surface area contributed by atoms with Gasteiger partial charge in [-0.25, -0.2) is 0 Å². The van der Waals surface area contributed by atoms with E-state index >= 15 is 0 Å². The molecule has 1 saturated heterocycles. The van der Waals surface area contributed by atoms with Crippen LogP contribution in [0.4, 0.5) is 13.2 Å². The molecule has 2 N–H and O–H groups in total. The van der Waals surface area contributed by atoms with Gasteiger partial charge in [-0.15, -0.1) is 0 Å². The maximum absolute atomic E-state index is 12.2. The number of halogens is 3. The first-order valence-corrected chi connectivity index (χ1v) is 10.4. The Morgan fingerprint density at radius 3 is 2.32 bits per heavy atom. The fraction of sp³-hybridized carbons (Fsp3) is 0.435. The lowest BCUT2D eigenvalue weighted by molar-refractivity contribution is -0.153. The van der Waals surface area contributed by atoms with Gasteiger partial charge in [0.25, 0.3) is 0 Å². The number of ether oxygens (including phenoxy) is 1. The molecular formula is C23H29F3N4O. The van der Waals surface area contributed by atoms with Crippen molar-refractivity contribution < 1.29 is 17.9 Å². The minimum atomic E-state index is -4.34. The molecule has 1 heterocycles. The number of aliphatic imine (C=N–C) groups is 1. The maximum Gasteiger partial charge on any atom is 0.422 e. The van der Waals surface area contributed by atoms with E-state index in [0.29, 0.717) is 12.6 Å². The van der Waals surface area contributed by atoms with Crippen molar-refractivity contribution in [2.45, 2.75) is 38.1 Å². The minimum Gasteiger partial charge on any atom is -0.484 e. The lowest BCUT2D eigenvalue weighted by Gasteiger charge is -2.33. The van der Waals surface area contributed by atoms with Crippen LogP contribution in [0.25, 0.3) is 0 Å². The summed E-state index contributed by atoms with van der Waals surface area (Å²) in [5.41, 5.74) is 2.26. The molecule has 5 nitrogen and oxygen atoms in total. The number of piperidine rings is 1. The number of hydrogen-bond donors (Lipinski definition) is 2. The molecule has 0 bridgehead atoms. The summed E-state index contributed by atoms with van der Waals surface area (Å²) in [5, 5.41) is 6.74. The molecule has 0 radical (unpaired) electrons. The lowest BCUT2D eigenvalue weighted by Crippen LogP contribution is -2.48. The van der Waals surface area contributed by atoms with Crippen molar-refractivity contribution in [2.24, 2.45) is 4.99 Å². The normalized spacial score (nSPS) is 16.2. The molecule has 168 valence electrons. The van der Waals surface area contributed by atoms with Crippen LogP contribution in [0.1, 0.15) is 24.0 Å². The van der Waals surface area contributed by atoms with Gasteiger partial charge in [-0.1, -0.05) is 42.5 Å². The Bertz CT molecular complexity index is 817. The van der Waals surface area contributed by atoms with Gasteiger partial charge < -0.3 is 15.4 Å². The van der Waals surface area contributed by atoms with Gasteiger partial charge >= 0.3 is 6.18 Å². The third-order valence-electron chi connectivity index (χ3n) is 5.19. The molecule has 8 heteroatoms. The third-order valence-corrected chi connectivity index (χ3v) is 5.19. The van der Waals surface area contributed by atoms with E-state index in [1.54, 1.807) is 31.3 Å². The van der Waals surface area contributed by atoms with Crippen molar-refractivity contribution in [3.63, 3.8) is 0 Å². The fourth-order valence-corrected chi connectivity index (χ4v) is 3.52. The van der Waals surface area contributed by atoms with Gasteiger partial charge in [-0.05, 0) is 36.1 Å². The standard InChI is InChI=1S/C23H29F3N4O/c1-27-22(28-15-18-7-9-21(10-8-18)31-17-23(24,25)26)29-20-11-13-30(14-12-20)16-19-5-3-2-4-6-19/h2-10,20H,11-17H2,1H3,(H2,27,28,29). The molecule has 1 aliphatic heterocycles. The molecule has 1 fully saturated rings. The van der Waals surface area contributed by atoms with Crippen LogP contribution < -0.4 is 15.4 Å². The Morgan fingerprint density at radius 2 is 1.71 bits per heavy atom. The Kier molecular flexibility index (Phi) is 8.17. The van der Waals surface area contributed by atoms with Crippen LogP contribution in [-0.2, 0) is 13.1 Å². The van der Waals surface area contributed by atoms with Crippen molar-refractivity contribution in [1.82, 2.24) is 15.5 Å². The first-order valence-electron chi connectivity index (χ1n) is 10.4. The molecule has 0 aromatic heterocycles. The van der Waals surface area contributed by atoms with Crippen LogP contribution in [0.3, 0.4) is 0 Å². The molecule has 0 saturated carbocycles. The van der Waals surface area contributed by atoms with E-state index < -0.39 is 12.8 Å². The molecule has 2 aromatic carbocycles. The van der Waals surface area contributed by atoms with Gasteiger partial charge in [0.1, 0.15) is 5.75 Å². The van der Waals surface area contributed by atoms with Crippen LogP contribution in [0.2, 0.25) is 0 Å². The van der Waals surface area contributed by atoms with Crippen LogP contribution in [0.15, 0.2) is 59.6 Å². The molecule has 0 aliphatic carbocycles. The second-order valence-corrected chi connectivity index (χ2v) is 7.65. The number of nitrogens with zero attached hydrogens (tertiary/aromatic N) is 2. The molecule has 3 rings (SSSR count). The van der Waals surface area contributed by atoms with E-state index in [4.69, 9.17) is 4.74 Å². The molecule has 0 unspecified atom stereocenters. The average molecular weight is 435 g/mol. The van der Waals surface area contributed by atoms with E-state index in [2.05, 4.69) is 44.8 Å². The first-order chi connectivity index (χ1) is 14.9. The van der Waals surface area contributed by atoms with Gasteiger partial charge in [0, 0.05) is 39.3 Å². The van der Waals surface area contributed by atoms with Crippen molar-refractivity contribution in [2.75, 3.05) is 26.7 Å². The fourth-order valence-electron chi connectivity index (χ4n) is 3.52. The Morgan fingerprint density at radius 1 is 1.03 bits per heavy atom. The molecule has 0 amide bonds. The van der Waals surface area contributed by atoms with Crippen LogP contribution in [0, 0.1) is 0 Å². The molecule has 1 aliphatic rings. The highest BCUT2D eigenvalue weighted by molar-refractivity contribution is 5.79. The van der Waals surface area contributed by atoms with E-state index in [1.165, 1.54) is 5.56 Å². The quantitative estimate of drug-likeness (QED) is 0.512. The number of likely N-dealkylation sites (tertiary alicyclic amines) is 1. The maximum atomic E-state index is 12.2. The van der Waals surface area contributed by atoms with E-state index in [9.17, 15) is 13.2 Å². The van der Waals surface area contributed by atoms with E-state index in [1.807, 2.05) is 6.07 Å². The summed E-state index contributed by atoms with van der Waals surface area (Å²) in [4.78, 5) is 6.75. The van der Waals surface area contributed by atoms with Crippen LogP contribution >= 0.6 is 0 Å². The molecule has 0 atom stereocenters. The summed E-state index contributed by atoms with van der Waals surface area (Å²) >= 11 is 0. The zero-order valence-corrected chi connectivity index (χ0v) is 17.7.